The standard InChI is InChI=1S/C8H7F3N4OS/c1-3-5(17-7(12)13-3)6-14-4(15-16-6)2-8(9,10)11/h2H2,1H3,(H2,12,13). The number of nitrogens with zero attached hydrogens (tertiary/aromatic N) is 3. The summed E-state index contributed by atoms with van der Waals surface area (Å²) in [5, 5.41) is 3.56. The Labute approximate surface area is 97.5 Å². The van der Waals surface area contributed by atoms with E-state index in [1.807, 2.05) is 0 Å². The van der Waals surface area contributed by atoms with Gasteiger partial charge >= 0.3 is 6.18 Å². The number of aromatic nitrogens is 3. The summed E-state index contributed by atoms with van der Waals surface area (Å²) in [5.74, 6) is -0.394. The zero-order valence-corrected chi connectivity index (χ0v) is 9.39. The monoisotopic (exact) mass is 264 g/mol. The highest BCUT2D eigenvalue weighted by atomic mass is 32.1. The first-order valence-corrected chi connectivity index (χ1v) is 5.29. The molecule has 0 aliphatic carbocycles. The molecule has 2 rings (SSSR count). The molecule has 0 atom stereocenters. The van der Waals surface area contributed by atoms with Gasteiger partial charge in [-0.15, -0.1) is 0 Å². The largest absolute Gasteiger partial charge is 0.396 e. The zero-order valence-electron chi connectivity index (χ0n) is 8.58. The van der Waals surface area contributed by atoms with Crippen molar-refractivity contribution >= 4 is 16.5 Å². The Hall–Kier alpha value is -1.64. The van der Waals surface area contributed by atoms with Gasteiger partial charge in [0.1, 0.15) is 11.3 Å². The summed E-state index contributed by atoms with van der Waals surface area (Å²) in [7, 11) is 0. The zero-order chi connectivity index (χ0) is 12.6. The fourth-order valence-electron chi connectivity index (χ4n) is 1.21. The van der Waals surface area contributed by atoms with Crippen LogP contribution in [0.4, 0.5) is 18.3 Å². The van der Waals surface area contributed by atoms with E-state index in [2.05, 4.69) is 15.1 Å². The summed E-state index contributed by atoms with van der Waals surface area (Å²) >= 11 is 1.09. The first-order valence-electron chi connectivity index (χ1n) is 4.48. The van der Waals surface area contributed by atoms with Gasteiger partial charge in [0.15, 0.2) is 11.0 Å². The summed E-state index contributed by atoms with van der Waals surface area (Å²) in [4.78, 5) is 8.06. The van der Waals surface area contributed by atoms with Crippen molar-refractivity contribution in [2.75, 3.05) is 5.73 Å². The molecule has 5 nitrogen and oxygen atoms in total. The topological polar surface area (TPSA) is 77.8 Å². The van der Waals surface area contributed by atoms with Crippen LogP contribution in [0, 0.1) is 6.92 Å². The maximum absolute atomic E-state index is 12.1. The highest BCUT2D eigenvalue weighted by Gasteiger charge is 2.31. The molecule has 0 aromatic carbocycles. The molecule has 17 heavy (non-hydrogen) atoms. The Morgan fingerprint density at radius 2 is 2.06 bits per heavy atom. The average Bonchev–Trinajstić information content (AvgIpc) is 2.70. The number of halogens is 3. The lowest BCUT2D eigenvalue weighted by Gasteiger charge is -1.99. The summed E-state index contributed by atoms with van der Waals surface area (Å²) in [5.41, 5.74) is 6.01. The quantitative estimate of drug-likeness (QED) is 0.899. The molecule has 0 radical (unpaired) electrons. The number of nitrogens with two attached hydrogens (primary N) is 1. The average molecular weight is 264 g/mol. The Morgan fingerprint density at radius 1 is 1.35 bits per heavy atom. The van der Waals surface area contributed by atoms with Crippen molar-refractivity contribution in [1.29, 1.82) is 0 Å². The number of hydrogen-bond donors (Lipinski definition) is 1. The van der Waals surface area contributed by atoms with E-state index in [9.17, 15) is 13.2 Å². The predicted octanol–water partition coefficient (Wildman–Crippen LogP) is 2.19. The second-order valence-corrected chi connectivity index (χ2v) is 4.30. The Bertz CT molecular complexity index is 533. The smallest absolute Gasteiger partial charge is 0.375 e. The molecule has 0 saturated carbocycles. The van der Waals surface area contributed by atoms with Crippen LogP contribution in [0.25, 0.3) is 10.8 Å². The molecule has 0 amide bonds. The fraction of sp³-hybridized carbons (Fsp3) is 0.375. The molecule has 0 unspecified atom stereocenters. The van der Waals surface area contributed by atoms with Crippen molar-refractivity contribution in [3.8, 4) is 10.8 Å². The lowest BCUT2D eigenvalue weighted by atomic mass is 10.4. The third-order valence-corrected chi connectivity index (χ3v) is 2.81. The second-order valence-electron chi connectivity index (χ2n) is 3.27. The van der Waals surface area contributed by atoms with Crippen LogP contribution in [0.2, 0.25) is 0 Å². The first kappa shape index (κ1) is 11.8. The van der Waals surface area contributed by atoms with Crippen molar-refractivity contribution in [2.24, 2.45) is 0 Å². The highest BCUT2D eigenvalue weighted by Crippen LogP contribution is 2.30. The molecule has 0 bridgehead atoms. The first-order chi connectivity index (χ1) is 7.85. The molecule has 0 spiro atoms. The molecule has 92 valence electrons. The minimum Gasteiger partial charge on any atom is -0.375 e. The minimum absolute atomic E-state index is 0.0101. The van der Waals surface area contributed by atoms with Crippen LogP contribution < -0.4 is 5.73 Å². The van der Waals surface area contributed by atoms with Crippen molar-refractivity contribution in [3.63, 3.8) is 0 Å². The van der Waals surface area contributed by atoms with E-state index in [4.69, 9.17) is 10.3 Å². The van der Waals surface area contributed by atoms with E-state index in [1.54, 1.807) is 6.92 Å². The summed E-state index contributed by atoms with van der Waals surface area (Å²) < 4.78 is 41.0. The van der Waals surface area contributed by atoms with Crippen LogP contribution in [0.15, 0.2) is 4.52 Å². The number of hydrogen-bond acceptors (Lipinski definition) is 6. The van der Waals surface area contributed by atoms with Crippen LogP contribution >= 0.6 is 11.3 Å². The Morgan fingerprint density at radius 3 is 2.59 bits per heavy atom. The predicted molar refractivity (Wildman–Crippen MR) is 54.3 cm³/mol. The number of rotatable bonds is 2. The van der Waals surface area contributed by atoms with Gasteiger partial charge in [-0.3, -0.25) is 0 Å². The summed E-state index contributed by atoms with van der Waals surface area (Å²) in [6, 6.07) is 0. The number of thiazole rings is 1. The van der Waals surface area contributed by atoms with Gasteiger partial charge in [-0.25, -0.2) is 4.98 Å². The Kier molecular flexibility index (Phi) is 2.77. The van der Waals surface area contributed by atoms with Gasteiger partial charge in [-0.2, -0.15) is 18.2 Å². The summed E-state index contributed by atoms with van der Waals surface area (Å²) in [6.07, 6.45) is -5.58. The molecule has 9 heteroatoms. The van der Waals surface area contributed by atoms with Crippen molar-refractivity contribution < 1.29 is 17.7 Å². The van der Waals surface area contributed by atoms with E-state index in [0.717, 1.165) is 11.3 Å². The second kappa shape index (κ2) is 3.99. The van der Waals surface area contributed by atoms with E-state index in [1.165, 1.54) is 0 Å². The van der Waals surface area contributed by atoms with Gasteiger partial charge in [0.2, 0.25) is 0 Å². The molecule has 2 N–H and O–H groups in total. The minimum atomic E-state index is -4.36. The van der Waals surface area contributed by atoms with E-state index < -0.39 is 18.4 Å². The van der Waals surface area contributed by atoms with Crippen LogP contribution in [0.1, 0.15) is 11.5 Å². The van der Waals surface area contributed by atoms with Crippen molar-refractivity contribution in [2.45, 2.75) is 19.5 Å². The molecule has 0 aliphatic heterocycles. The molecule has 0 fully saturated rings. The Balaban J connectivity index is 2.27. The molecule has 0 saturated heterocycles. The number of anilines is 1. The van der Waals surface area contributed by atoms with E-state index >= 15 is 0 Å². The van der Waals surface area contributed by atoms with Crippen LogP contribution in [-0.4, -0.2) is 21.3 Å². The van der Waals surface area contributed by atoms with E-state index in [-0.39, 0.29) is 5.89 Å². The lowest BCUT2D eigenvalue weighted by Crippen LogP contribution is -2.12. The van der Waals surface area contributed by atoms with Crippen molar-refractivity contribution in [1.82, 2.24) is 15.1 Å². The van der Waals surface area contributed by atoms with Crippen LogP contribution in [0.3, 0.4) is 0 Å². The van der Waals surface area contributed by atoms with Gasteiger partial charge in [0.25, 0.3) is 5.89 Å². The third kappa shape index (κ3) is 2.73. The van der Waals surface area contributed by atoms with Gasteiger partial charge in [-0.1, -0.05) is 16.5 Å². The number of alkyl halides is 3. The number of aryl methyl sites for hydroxylation is 1. The molecule has 2 aromatic heterocycles. The van der Waals surface area contributed by atoms with Gasteiger partial charge in [0.05, 0.1) is 5.69 Å². The van der Waals surface area contributed by atoms with Crippen molar-refractivity contribution in [3.05, 3.63) is 11.5 Å². The third-order valence-electron chi connectivity index (χ3n) is 1.83. The van der Waals surface area contributed by atoms with Gasteiger partial charge in [0, 0.05) is 0 Å². The molecule has 0 aliphatic rings. The molecule has 2 heterocycles. The summed E-state index contributed by atoms with van der Waals surface area (Å²) in [6.45, 7) is 1.66. The molecular formula is C8H7F3N4OS. The van der Waals surface area contributed by atoms with Gasteiger partial charge in [-0.05, 0) is 6.92 Å². The van der Waals surface area contributed by atoms with Gasteiger partial charge < -0.3 is 10.3 Å². The highest BCUT2D eigenvalue weighted by molar-refractivity contribution is 7.18. The lowest BCUT2D eigenvalue weighted by molar-refractivity contribution is -0.128. The maximum Gasteiger partial charge on any atom is 0.396 e. The van der Waals surface area contributed by atoms with E-state index in [0.29, 0.717) is 15.7 Å². The molecular weight excluding hydrogens is 257 g/mol. The van der Waals surface area contributed by atoms with Crippen LogP contribution in [-0.2, 0) is 6.42 Å². The van der Waals surface area contributed by atoms with Crippen LogP contribution in [0.5, 0.6) is 0 Å². The molecule has 2 aromatic rings. The normalized spacial score (nSPS) is 12.0. The SMILES string of the molecule is Cc1nc(N)sc1-c1nc(CC(F)(F)F)no1. The number of nitrogen functional groups attached to an aromatic ring is 1. The fourth-order valence-corrected chi connectivity index (χ4v) is 1.97. The maximum atomic E-state index is 12.1.